The van der Waals surface area contributed by atoms with Crippen molar-refractivity contribution in [1.29, 1.82) is 5.26 Å². The molecular formula is C24H29IN2. The average Bonchev–Trinajstić information content (AvgIpc) is 2.97. The Morgan fingerprint density at radius 1 is 1.00 bits per heavy atom. The zero-order valence-electron chi connectivity index (χ0n) is 16.2. The highest BCUT2D eigenvalue weighted by Crippen LogP contribution is 2.47. The van der Waals surface area contributed by atoms with Gasteiger partial charge in [-0.15, -0.1) is 24.0 Å². The molecule has 0 aliphatic carbocycles. The van der Waals surface area contributed by atoms with Gasteiger partial charge in [0.2, 0.25) is 0 Å². The molecular weight excluding hydrogens is 443 g/mol. The summed E-state index contributed by atoms with van der Waals surface area (Å²) in [6, 6.07) is 25.0. The third kappa shape index (κ3) is 3.54. The van der Waals surface area contributed by atoms with E-state index in [4.69, 9.17) is 0 Å². The molecule has 142 valence electrons. The molecule has 2 bridgehead atoms. The van der Waals surface area contributed by atoms with Gasteiger partial charge in [-0.05, 0) is 55.7 Å². The summed E-state index contributed by atoms with van der Waals surface area (Å²) >= 11 is 0. The van der Waals surface area contributed by atoms with Gasteiger partial charge in [-0.1, -0.05) is 67.6 Å². The number of halogens is 1. The van der Waals surface area contributed by atoms with Crippen LogP contribution in [0.25, 0.3) is 0 Å². The number of rotatable bonds is 4. The lowest BCUT2D eigenvalue weighted by Crippen LogP contribution is -2.47. The first-order valence-electron chi connectivity index (χ1n) is 9.90. The molecule has 0 spiro atoms. The van der Waals surface area contributed by atoms with Crippen LogP contribution in [0.3, 0.4) is 0 Å². The van der Waals surface area contributed by atoms with E-state index in [1.54, 1.807) is 0 Å². The van der Waals surface area contributed by atoms with E-state index in [0.29, 0.717) is 23.9 Å². The Hall–Kier alpha value is -1.38. The minimum atomic E-state index is -0.559. The molecule has 2 aromatic carbocycles. The van der Waals surface area contributed by atoms with Gasteiger partial charge in [-0.25, -0.2) is 0 Å². The van der Waals surface area contributed by atoms with Gasteiger partial charge in [0.25, 0.3) is 0 Å². The molecule has 2 aromatic rings. The monoisotopic (exact) mass is 472 g/mol. The molecule has 2 aliphatic heterocycles. The van der Waals surface area contributed by atoms with Crippen molar-refractivity contribution in [3.05, 3.63) is 71.8 Å². The van der Waals surface area contributed by atoms with Crippen molar-refractivity contribution in [2.75, 3.05) is 7.05 Å². The van der Waals surface area contributed by atoms with E-state index in [9.17, 15) is 5.26 Å². The van der Waals surface area contributed by atoms with E-state index in [-0.39, 0.29) is 24.0 Å². The number of nitriles is 1. The summed E-state index contributed by atoms with van der Waals surface area (Å²) in [4.78, 5) is 2.60. The Morgan fingerprint density at radius 3 is 2.07 bits per heavy atom. The number of fused-ring (bicyclic) bond motifs is 2. The highest BCUT2D eigenvalue weighted by molar-refractivity contribution is 14.0. The van der Waals surface area contributed by atoms with Crippen molar-refractivity contribution >= 4 is 24.0 Å². The highest BCUT2D eigenvalue weighted by atomic mass is 127. The summed E-state index contributed by atoms with van der Waals surface area (Å²) < 4.78 is 0. The second kappa shape index (κ2) is 8.32. The van der Waals surface area contributed by atoms with Gasteiger partial charge < -0.3 is 4.90 Å². The molecule has 27 heavy (non-hydrogen) atoms. The van der Waals surface area contributed by atoms with Crippen LogP contribution in [0.15, 0.2) is 60.7 Å². The summed E-state index contributed by atoms with van der Waals surface area (Å²) in [5.74, 6) is 1.22. The topological polar surface area (TPSA) is 27.0 Å². The third-order valence-corrected chi connectivity index (χ3v) is 7.11. The SMILES string of the molecule is CC1C(CC(C#N)(c2ccccc2)c2ccccc2)CC2CCC1N2C.I. The molecule has 3 heteroatoms. The largest absolute Gasteiger partial charge is 0.300 e. The zero-order valence-corrected chi connectivity index (χ0v) is 18.5. The van der Waals surface area contributed by atoms with Crippen LogP contribution < -0.4 is 0 Å². The maximum Gasteiger partial charge on any atom is 0.107 e. The van der Waals surface area contributed by atoms with E-state index in [0.717, 1.165) is 17.5 Å². The van der Waals surface area contributed by atoms with E-state index >= 15 is 0 Å². The van der Waals surface area contributed by atoms with Crippen LogP contribution in [0, 0.1) is 23.2 Å². The van der Waals surface area contributed by atoms with Gasteiger partial charge in [0.15, 0.2) is 0 Å². The molecule has 0 radical (unpaired) electrons. The van der Waals surface area contributed by atoms with Crippen LogP contribution in [-0.2, 0) is 5.41 Å². The first kappa shape index (κ1) is 20.4. The number of nitrogens with zero attached hydrogens (tertiary/aromatic N) is 2. The quantitative estimate of drug-likeness (QED) is 0.540. The fourth-order valence-electron chi connectivity index (χ4n) is 5.52. The Kier molecular flexibility index (Phi) is 6.28. The lowest BCUT2D eigenvalue weighted by molar-refractivity contribution is 0.0677. The molecule has 4 rings (SSSR count). The van der Waals surface area contributed by atoms with Crippen LogP contribution >= 0.6 is 24.0 Å². The third-order valence-electron chi connectivity index (χ3n) is 7.11. The molecule has 0 aromatic heterocycles. The Labute approximate surface area is 180 Å². The van der Waals surface area contributed by atoms with Gasteiger partial charge >= 0.3 is 0 Å². The van der Waals surface area contributed by atoms with Crippen molar-refractivity contribution in [3.63, 3.8) is 0 Å². The van der Waals surface area contributed by atoms with Gasteiger partial charge in [0.1, 0.15) is 5.41 Å². The fourth-order valence-corrected chi connectivity index (χ4v) is 5.52. The molecule has 2 nitrogen and oxygen atoms in total. The van der Waals surface area contributed by atoms with Crippen molar-refractivity contribution < 1.29 is 0 Å². The first-order valence-corrected chi connectivity index (χ1v) is 9.90. The highest BCUT2D eigenvalue weighted by Gasteiger charge is 2.47. The molecule has 2 aliphatic rings. The van der Waals surface area contributed by atoms with E-state index in [1.807, 2.05) is 12.1 Å². The number of hydrogen-bond donors (Lipinski definition) is 0. The average molecular weight is 472 g/mol. The predicted octanol–water partition coefficient (Wildman–Crippen LogP) is 5.62. The molecule has 0 amide bonds. The summed E-state index contributed by atoms with van der Waals surface area (Å²) in [5, 5.41) is 10.4. The Bertz CT molecular complexity index is 744. The summed E-state index contributed by atoms with van der Waals surface area (Å²) in [6.07, 6.45) is 4.77. The van der Waals surface area contributed by atoms with Crippen molar-refractivity contribution in [1.82, 2.24) is 4.90 Å². The molecule has 4 unspecified atom stereocenters. The van der Waals surface area contributed by atoms with Crippen LogP contribution in [0.1, 0.15) is 43.7 Å². The summed E-state index contributed by atoms with van der Waals surface area (Å²) in [5.41, 5.74) is 1.70. The van der Waals surface area contributed by atoms with Gasteiger partial charge in [0.05, 0.1) is 6.07 Å². The molecule has 4 atom stereocenters. The Balaban J connectivity index is 0.00000210. The minimum Gasteiger partial charge on any atom is -0.300 e. The molecule has 2 saturated heterocycles. The second-order valence-electron chi connectivity index (χ2n) is 8.27. The lowest BCUT2D eigenvalue weighted by Gasteiger charge is -2.44. The molecule has 2 heterocycles. The van der Waals surface area contributed by atoms with Crippen molar-refractivity contribution in [2.24, 2.45) is 11.8 Å². The Morgan fingerprint density at radius 2 is 1.56 bits per heavy atom. The van der Waals surface area contributed by atoms with E-state index < -0.39 is 5.41 Å². The van der Waals surface area contributed by atoms with Gasteiger partial charge in [0, 0.05) is 12.1 Å². The van der Waals surface area contributed by atoms with Crippen LogP contribution in [0.2, 0.25) is 0 Å². The number of hydrogen-bond acceptors (Lipinski definition) is 2. The van der Waals surface area contributed by atoms with Crippen LogP contribution in [0.4, 0.5) is 0 Å². The van der Waals surface area contributed by atoms with Crippen LogP contribution in [0.5, 0.6) is 0 Å². The van der Waals surface area contributed by atoms with Gasteiger partial charge in [-0.2, -0.15) is 5.26 Å². The van der Waals surface area contributed by atoms with Crippen molar-refractivity contribution in [2.45, 2.75) is 50.1 Å². The maximum atomic E-state index is 10.4. The lowest BCUT2D eigenvalue weighted by atomic mass is 9.65. The number of piperidine rings is 1. The zero-order chi connectivity index (χ0) is 18.1. The minimum absolute atomic E-state index is 0. The fraction of sp³-hybridized carbons (Fsp3) is 0.458. The number of benzene rings is 2. The van der Waals surface area contributed by atoms with E-state index in [1.165, 1.54) is 19.3 Å². The first-order chi connectivity index (χ1) is 12.7. The van der Waals surface area contributed by atoms with Crippen LogP contribution in [-0.4, -0.2) is 24.0 Å². The van der Waals surface area contributed by atoms with E-state index in [2.05, 4.69) is 73.5 Å². The molecule has 0 N–H and O–H groups in total. The van der Waals surface area contributed by atoms with Crippen molar-refractivity contribution in [3.8, 4) is 6.07 Å². The standard InChI is InChI=1S/C24H28N2.HI/c1-18-19(15-22-13-14-23(18)26(22)2)16-24(17-25,20-9-5-3-6-10-20)21-11-7-4-8-12-21;/h3-12,18-19,22-23H,13-16H2,1-2H3;1H. The predicted molar refractivity (Wildman–Crippen MR) is 121 cm³/mol. The summed E-state index contributed by atoms with van der Waals surface area (Å²) in [6.45, 7) is 2.41. The smallest absolute Gasteiger partial charge is 0.107 e. The second-order valence-corrected chi connectivity index (χ2v) is 8.27. The van der Waals surface area contributed by atoms with Gasteiger partial charge in [-0.3, -0.25) is 0 Å². The maximum absolute atomic E-state index is 10.4. The molecule has 2 fully saturated rings. The molecule has 0 saturated carbocycles. The normalized spacial score (nSPS) is 27.6. The summed E-state index contributed by atoms with van der Waals surface area (Å²) in [7, 11) is 2.29.